The van der Waals surface area contributed by atoms with E-state index in [9.17, 15) is 26.7 Å². The molecule has 1 amide bonds. The highest BCUT2D eigenvalue weighted by molar-refractivity contribution is 5.98. The summed E-state index contributed by atoms with van der Waals surface area (Å²) in [6, 6.07) is 4.43. The van der Waals surface area contributed by atoms with Crippen molar-refractivity contribution in [2.24, 2.45) is 0 Å². The molecule has 0 saturated carbocycles. The van der Waals surface area contributed by atoms with Crippen LogP contribution in [0.25, 0.3) is 11.4 Å². The average molecular weight is 433 g/mol. The van der Waals surface area contributed by atoms with Gasteiger partial charge in [-0.1, -0.05) is 4.80 Å². The largest absolute Gasteiger partial charge is 0.522 e. The van der Waals surface area contributed by atoms with Crippen LogP contribution < -0.4 is 15.4 Å². The Bertz CT molecular complexity index is 1160. The molecule has 3 aromatic rings. The number of alkyl halides is 5. The average Bonchev–Trinajstić information content (AvgIpc) is 3.19. The van der Waals surface area contributed by atoms with E-state index in [4.69, 9.17) is 4.11 Å². The number of anilines is 2. The van der Waals surface area contributed by atoms with Crippen LogP contribution in [0.5, 0.6) is 5.75 Å². The fourth-order valence-corrected chi connectivity index (χ4v) is 2.20. The van der Waals surface area contributed by atoms with Crippen molar-refractivity contribution < 1.29 is 35.6 Å². The van der Waals surface area contributed by atoms with Crippen LogP contribution in [0.15, 0.2) is 30.5 Å². The first kappa shape index (κ1) is 17.0. The molecule has 0 saturated heterocycles. The molecule has 0 radical (unpaired) electrons. The number of hydrogen-bond acceptors (Lipinski definition) is 8. The summed E-state index contributed by atoms with van der Waals surface area (Å²) in [6.45, 7) is -6.16. The number of carbonyl (C=O) groups is 1. The topological polar surface area (TPSA) is 120 Å². The van der Waals surface area contributed by atoms with E-state index >= 15 is 0 Å². The van der Waals surface area contributed by atoms with Gasteiger partial charge in [0, 0.05) is 16.7 Å². The number of carbonyl (C=O) groups excluding carboxylic acids is 1. The van der Waals surface area contributed by atoms with Crippen molar-refractivity contribution in [3.05, 3.63) is 36.2 Å². The van der Waals surface area contributed by atoms with E-state index in [0.717, 1.165) is 18.3 Å². The number of halogens is 5. The van der Waals surface area contributed by atoms with E-state index in [0.29, 0.717) is 0 Å². The Labute approximate surface area is 168 Å². The molecule has 0 bridgehead atoms. The lowest BCUT2D eigenvalue weighted by Crippen LogP contribution is -2.21. The zero-order valence-electron chi connectivity index (χ0n) is 17.4. The maximum absolute atomic E-state index is 12.9. The molecule has 0 unspecified atom stereocenters. The van der Waals surface area contributed by atoms with Crippen molar-refractivity contribution >= 4 is 17.3 Å². The molecule has 0 aliphatic heterocycles. The molecule has 3 rings (SSSR count). The molecule has 2 heterocycles. The maximum atomic E-state index is 12.9. The van der Waals surface area contributed by atoms with Crippen molar-refractivity contribution in [3.63, 3.8) is 0 Å². The molecule has 1 aromatic carbocycles. The summed E-state index contributed by atoms with van der Waals surface area (Å²) in [5.41, 5.74) is -0.909. The van der Waals surface area contributed by atoms with Crippen LogP contribution in [0.2, 0.25) is 0 Å². The molecule has 2 N–H and O–H groups in total. The first-order chi connectivity index (χ1) is 15.3. The van der Waals surface area contributed by atoms with Gasteiger partial charge in [0.1, 0.15) is 5.75 Å². The number of nitrogens with one attached hydrogen (secondary N) is 2. The van der Waals surface area contributed by atoms with E-state index in [-0.39, 0.29) is 16.9 Å². The molecule has 0 fully saturated rings. The van der Waals surface area contributed by atoms with E-state index in [2.05, 4.69) is 35.7 Å². The minimum absolute atomic E-state index is 0.125. The highest BCUT2D eigenvalue weighted by atomic mass is 19.4. The second kappa shape index (κ2) is 8.22. The lowest BCUT2D eigenvalue weighted by Gasteiger charge is -2.15. The lowest BCUT2D eigenvalue weighted by molar-refractivity contribution is -0.222. The normalized spacial score (nSPS) is 13.3. The molecule has 0 spiro atoms. The Kier molecular flexibility index (Phi) is 4.66. The lowest BCUT2D eigenvalue weighted by atomic mass is 10.1. The smallest absolute Gasteiger partial charge is 0.433 e. The van der Waals surface area contributed by atoms with Gasteiger partial charge in [-0.3, -0.25) is 4.79 Å². The van der Waals surface area contributed by atoms with Crippen LogP contribution in [0.3, 0.4) is 0 Å². The summed E-state index contributed by atoms with van der Waals surface area (Å²) in [5.74, 6) is -2.21. The van der Waals surface area contributed by atoms with Gasteiger partial charge in [0.15, 0.2) is 5.69 Å². The molecule has 0 aliphatic rings. The van der Waals surface area contributed by atoms with E-state index in [1.165, 1.54) is 12.1 Å². The predicted octanol–water partition coefficient (Wildman–Crippen LogP) is 2.31. The Morgan fingerprint density at radius 2 is 2.03 bits per heavy atom. The van der Waals surface area contributed by atoms with Gasteiger partial charge < -0.3 is 15.4 Å². The number of aromatic nitrogens is 6. The second-order valence-corrected chi connectivity index (χ2v) is 5.33. The molecule has 30 heavy (non-hydrogen) atoms. The zero-order chi connectivity index (χ0) is 24.4. The number of ether oxygens (including phenoxy) is 1. The van der Waals surface area contributed by atoms with E-state index in [1.807, 2.05) is 0 Å². The third kappa shape index (κ3) is 4.56. The van der Waals surface area contributed by atoms with Crippen LogP contribution >= 0.6 is 0 Å². The van der Waals surface area contributed by atoms with Gasteiger partial charge in [0.05, 0.1) is 17.6 Å². The minimum Gasteiger partial charge on any atom is -0.433 e. The van der Waals surface area contributed by atoms with Gasteiger partial charge in [-0.15, -0.1) is 28.5 Å². The number of hydrogen-bond donors (Lipinski definition) is 2. The summed E-state index contributed by atoms with van der Waals surface area (Å²) in [6.07, 6.45) is -3.80. The number of tetrazole rings is 1. The third-order valence-corrected chi connectivity index (χ3v) is 3.41. The van der Waals surface area contributed by atoms with Crippen LogP contribution in [0.4, 0.5) is 33.3 Å². The van der Waals surface area contributed by atoms with Gasteiger partial charge in [-0.25, -0.2) is 0 Å². The molecular formula is C15H11F5N8O2. The van der Waals surface area contributed by atoms with Crippen molar-refractivity contribution in [2.75, 3.05) is 12.3 Å². The molecule has 0 atom stereocenters. The molecule has 158 valence electrons. The van der Waals surface area contributed by atoms with E-state index in [1.54, 1.807) is 5.32 Å². The Morgan fingerprint density at radius 1 is 1.23 bits per heavy atom. The minimum atomic E-state index is -4.94. The summed E-state index contributed by atoms with van der Waals surface area (Å²) >= 11 is 0. The number of rotatable bonds is 6. The number of amides is 1. The zero-order valence-corrected chi connectivity index (χ0v) is 14.4. The van der Waals surface area contributed by atoms with Crippen molar-refractivity contribution in [1.29, 1.82) is 0 Å². The van der Waals surface area contributed by atoms with Crippen molar-refractivity contribution in [1.82, 2.24) is 35.7 Å². The molecule has 15 heteroatoms. The van der Waals surface area contributed by atoms with Gasteiger partial charge in [-0.2, -0.15) is 13.9 Å². The Morgan fingerprint density at radius 3 is 2.70 bits per heavy atom. The van der Waals surface area contributed by atoms with Gasteiger partial charge in [0.25, 0.3) is 5.91 Å². The molecule has 0 aliphatic carbocycles. The fourth-order valence-electron chi connectivity index (χ4n) is 2.20. The molecule has 10 nitrogen and oxygen atoms in total. The van der Waals surface area contributed by atoms with Crippen LogP contribution in [0, 0.1) is 0 Å². The fraction of sp³-hybridized carbons (Fsp3) is 0.200. The van der Waals surface area contributed by atoms with Crippen molar-refractivity contribution in [3.8, 4) is 17.1 Å². The van der Waals surface area contributed by atoms with Crippen LogP contribution in [0.1, 0.15) is 14.6 Å². The van der Waals surface area contributed by atoms with Crippen LogP contribution in [-0.4, -0.2) is 49.9 Å². The quantitative estimate of drug-likeness (QED) is 0.569. The summed E-state index contributed by atoms with van der Waals surface area (Å²) in [7, 11) is 0. The monoisotopic (exact) mass is 433 g/mol. The molecular weight excluding hydrogens is 419 g/mol. The first-order valence-electron chi connectivity index (χ1n) is 9.21. The van der Waals surface area contributed by atoms with Gasteiger partial charge >= 0.3 is 12.9 Å². The predicted molar refractivity (Wildman–Crippen MR) is 89.9 cm³/mol. The highest BCUT2D eigenvalue weighted by Crippen LogP contribution is 2.33. The first-order valence-corrected chi connectivity index (χ1v) is 7.71. The highest BCUT2D eigenvalue weighted by Gasteiger charge is 2.34. The van der Waals surface area contributed by atoms with Gasteiger partial charge in [-0.05, 0) is 29.5 Å². The standard InChI is InChI=1S/C15H11F5N8O2/c1-21-13(29)11-9(4-5-22-24-11)23-8-3-2-7(6-10(8)30-14(16)17)12-25-27-28(26-12)15(18,19)20/h2-6,14H,1H3,(H,21,29)(H,22,23)/i1D3. The molecule has 2 aromatic heterocycles. The number of benzene rings is 1. The van der Waals surface area contributed by atoms with Crippen molar-refractivity contribution in [2.45, 2.75) is 12.9 Å². The van der Waals surface area contributed by atoms with Gasteiger partial charge in [0.2, 0.25) is 5.82 Å². The number of nitrogens with zero attached hydrogens (tertiary/aromatic N) is 6. The second-order valence-electron chi connectivity index (χ2n) is 5.33. The summed E-state index contributed by atoms with van der Waals surface area (Å²) in [5, 5.41) is 20.5. The summed E-state index contributed by atoms with van der Waals surface area (Å²) in [4.78, 5) is 11.6. The maximum Gasteiger partial charge on any atom is 0.522 e. The van der Waals surface area contributed by atoms with E-state index < -0.39 is 47.9 Å². The summed E-state index contributed by atoms with van der Waals surface area (Å²) < 4.78 is 89.6. The SMILES string of the molecule is [2H]C([2H])([2H])NC(=O)c1nnccc1Nc1ccc(-c2nnn(C(F)(F)F)n2)cc1OC(F)F. The van der Waals surface area contributed by atoms with Crippen LogP contribution in [-0.2, 0) is 6.30 Å². The third-order valence-electron chi connectivity index (χ3n) is 3.41. The Balaban J connectivity index is 1.96. The Hall–Kier alpha value is -3.91.